The maximum atomic E-state index is 12.7. The van der Waals surface area contributed by atoms with Crippen molar-refractivity contribution in [2.45, 2.75) is 84.2 Å². The van der Waals surface area contributed by atoms with E-state index in [1.807, 2.05) is 0 Å². The summed E-state index contributed by atoms with van der Waals surface area (Å²) in [4.78, 5) is 42.9. The quantitative estimate of drug-likeness (QED) is 0.474. The van der Waals surface area contributed by atoms with Crippen LogP contribution in [0.1, 0.15) is 71.2 Å². The molecule has 1 unspecified atom stereocenters. The van der Waals surface area contributed by atoms with Crippen LogP contribution in [0.25, 0.3) is 0 Å². The fourth-order valence-corrected chi connectivity index (χ4v) is 5.34. The van der Waals surface area contributed by atoms with E-state index in [4.69, 9.17) is 19.9 Å². The first-order chi connectivity index (χ1) is 16.4. The van der Waals surface area contributed by atoms with Gasteiger partial charge in [-0.15, -0.1) is 0 Å². The van der Waals surface area contributed by atoms with Gasteiger partial charge in [0.2, 0.25) is 0 Å². The number of carbonyl (C=O) groups excluding carboxylic acids is 3. The number of hydrogen-bond donors (Lipinski definition) is 2. The third-order valence-electron chi connectivity index (χ3n) is 6.70. The van der Waals surface area contributed by atoms with E-state index in [1.54, 1.807) is 27.0 Å². The normalized spacial score (nSPS) is 26.0. The summed E-state index contributed by atoms with van der Waals surface area (Å²) in [6.45, 7) is 9.21. The van der Waals surface area contributed by atoms with Crippen molar-refractivity contribution in [3.63, 3.8) is 0 Å². The van der Waals surface area contributed by atoms with Crippen molar-refractivity contribution >= 4 is 29.4 Å². The molecule has 1 aromatic heterocycles. The number of pyridine rings is 1. The summed E-state index contributed by atoms with van der Waals surface area (Å²) in [6.07, 6.45) is 3.62. The number of piperidine rings is 1. The van der Waals surface area contributed by atoms with Crippen LogP contribution in [0.2, 0.25) is 0 Å². The zero-order valence-corrected chi connectivity index (χ0v) is 21.1. The molecule has 35 heavy (non-hydrogen) atoms. The molecule has 0 aromatic carbocycles. The van der Waals surface area contributed by atoms with Gasteiger partial charge < -0.3 is 30.2 Å². The number of nitrogens with zero attached hydrogens (tertiary/aromatic N) is 2. The minimum absolute atomic E-state index is 0.0291. The lowest BCUT2D eigenvalue weighted by Gasteiger charge is -2.45. The molecular formula is C25H36N4O6. The van der Waals surface area contributed by atoms with Crippen LogP contribution in [0.5, 0.6) is 0 Å². The van der Waals surface area contributed by atoms with E-state index in [-0.39, 0.29) is 17.9 Å². The Labute approximate surface area is 205 Å². The van der Waals surface area contributed by atoms with Crippen molar-refractivity contribution in [3.8, 4) is 0 Å². The number of alkyl carbamates (subject to hydrolysis) is 1. The number of rotatable bonds is 5. The molecule has 1 aliphatic heterocycles. The number of nitrogens with one attached hydrogen (secondary N) is 1. The molecule has 0 radical (unpaired) electrons. The van der Waals surface area contributed by atoms with Gasteiger partial charge in [0.15, 0.2) is 0 Å². The Kier molecular flexibility index (Phi) is 6.83. The summed E-state index contributed by atoms with van der Waals surface area (Å²) in [5, 5.41) is 2.96. The summed E-state index contributed by atoms with van der Waals surface area (Å²) in [7, 11) is 0. The molecule has 10 nitrogen and oxygen atoms in total. The van der Waals surface area contributed by atoms with Crippen molar-refractivity contribution in [2.75, 3.05) is 23.7 Å². The number of nitrogen functional groups attached to an aromatic ring is 1. The van der Waals surface area contributed by atoms with Crippen molar-refractivity contribution in [1.82, 2.24) is 10.3 Å². The second kappa shape index (κ2) is 9.54. The Bertz CT molecular complexity index is 1000. The fraction of sp³-hybridized carbons (Fsp3) is 0.680. The molecule has 1 aromatic rings. The first-order valence-corrected chi connectivity index (χ1v) is 12.3. The molecule has 10 heteroatoms. The Morgan fingerprint density at radius 1 is 1.09 bits per heavy atom. The third kappa shape index (κ3) is 5.79. The minimum Gasteiger partial charge on any atom is -0.460 e. The van der Waals surface area contributed by atoms with E-state index in [0.29, 0.717) is 37.5 Å². The number of ether oxygens (including phenoxy) is 3. The Morgan fingerprint density at radius 2 is 1.77 bits per heavy atom. The first-order valence-electron chi connectivity index (χ1n) is 12.3. The number of esters is 2. The van der Waals surface area contributed by atoms with Crippen molar-refractivity contribution < 1.29 is 28.6 Å². The second-order valence-electron chi connectivity index (χ2n) is 10.8. The number of hydrogen-bond acceptors (Lipinski definition) is 9. The van der Waals surface area contributed by atoms with Gasteiger partial charge in [-0.05, 0) is 52.4 Å². The van der Waals surface area contributed by atoms with Crippen molar-refractivity contribution in [2.24, 2.45) is 11.8 Å². The third-order valence-corrected chi connectivity index (χ3v) is 6.70. The largest absolute Gasteiger partial charge is 0.460 e. The summed E-state index contributed by atoms with van der Waals surface area (Å²) < 4.78 is 16.8. The number of fused-ring (bicyclic) bond motifs is 1. The molecule has 4 rings (SSSR count). The Hall–Kier alpha value is -3.04. The smallest absolute Gasteiger partial charge is 0.408 e. The highest BCUT2D eigenvalue weighted by Crippen LogP contribution is 2.46. The van der Waals surface area contributed by atoms with E-state index in [1.165, 1.54) is 13.8 Å². The van der Waals surface area contributed by atoms with Crippen LogP contribution in [-0.4, -0.2) is 53.9 Å². The minimum atomic E-state index is -0.659. The summed E-state index contributed by atoms with van der Waals surface area (Å²) >= 11 is 0. The maximum Gasteiger partial charge on any atom is 0.408 e. The number of amides is 1. The van der Waals surface area contributed by atoms with E-state index in [0.717, 1.165) is 29.8 Å². The van der Waals surface area contributed by atoms with Gasteiger partial charge in [0.1, 0.15) is 17.8 Å². The lowest BCUT2D eigenvalue weighted by molar-refractivity contribution is -0.152. The predicted molar refractivity (Wildman–Crippen MR) is 129 cm³/mol. The number of aromatic nitrogens is 1. The molecule has 1 saturated carbocycles. The molecule has 3 N–H and O–H groups in total. The highest BCUT2D eigenvalue weighted by atomic mass is 16.6. The molecule has 2 aliphatic carbocycles. The topological polar surface area (TPSA) is 133 Å². The van der Waals surface area contributed by atoms with Gasteiger partial charge in [-0.3, -0.25) is 14.6 Å². The molecule has 4 atom stereocenters. The molecule has 0 bridgehead atoms. The molecule has 192 valence electrons. The maximum absolute atomic E-state index is 12.7. The SMILES string of the molecule is CC(=O)OC1CCc2c1ncc(N)c2N1C[C@H](NC(=O)OC(C)(C)C)[C@H](OC(C)=O)[C@@H](C2CC2)C1. The van der Waals surface area contributed by atoms with Crippen LogP contribution >= 0.6 is 0 Å². The van der Waals surface area contributed by atoms with Crippen molar-refractivity contribution in [3.05, 3.63) is 17.5 Å². The average Bonchev–Trinajstić information content (AvgIpc) is 3.49. The molecule has 1 amide bonds. The standard InChI is InChI=1S/C25H36N4O6/c1-13(30)33-20-9-8-16-21(20)27-10-18(26)22(16)29-11-17(15-6-7-15)23(34-14(2)31)19(12-29)28-24(32)35-25(3,4)5/h10,15,17,19-20,23H,6-9,11-12,26H2,1-5H3,(H,28,32)/t17-,19+,20?,23-/m1/s1. The van der Waals surface area contributed by atoms with E-state index < -0.39 is 29.9 Å². The summed E-state index contributed by atoms with van der Waals surface area (Å²) in [6, 6.07) is -0.484. The zero-order valence-electron chi connectivity index (χ0n) is 21.1. The van der Waals surface area contributed by atoms with Gasteiger partial charge >= 0.3 is 18.0 Å². The van der Waals surface area contributed by atoms with Crippen LogP contribution < -0.4 is 16.0 Å². The van der Waals surface area contributed by atoms with Crippen LogP contribution in [0.4, 0.5) is 16.2 Å². The van der Waals surface area contributed by atoms with Crippen molar-refractivity contribution in [1.29, 1.82) is 0 Å². The van der Waals surface area contributed by atoms with E-state index in [2.05, 4.69) is 15.2 Å². The molecule has 2 heterocycles. The predicted octanol–water partition coefficient (Wildman–Crippen LogP) is 2.89. The van der Waals surface area contributed by atoms with E-state index >= 15 is 0 Å². The molecule has 0 spiro atoms. The second-order valence-corrected chi connectivity index (χ2v) is 10.8. The summed E-state index contributed by atoms with van der Waals surface area (Å²) in [5.74, 6) is -0.296. The molecule has 1 saturated heterocycles. The number of carbonyl (C=O) groups is 3. The van der Waals surface area contributed by atoms with Gasteiger partial charge in [-0.2, -0.15) is 0 Å². The highest BCUT2D eigenvalue weighted by Gasteiger charge is 2.48. The monoisotopic (exact) mass is 488 g/mol. The van der Waals surface area contributed by atoms with Gasteiger partial charge in [0.05, 0.1) is 29.3 Å². The molecule has 3 aliphatic rings. The lowest BCUT2D eigenvalue weighted by Crippen LogP contribution is -2.61. The lowest BCUT2D eigenvalue weighted by atomic mass is 9.86. The zero-order chi connectivity index (χ0) is 25.5. The van der Waals surface area contributed by atoms with Gasteiger partial charge in [0, 0.05) is 38.4 Å². The average molecular weight is 489 g/mol. The van der Waals surface area contributed by atoms with Crippen LogP contribution in [0, 0.1) is 11.8 Å². The number of nitrogens with two attached hydrogens (primary N) is 1. The van der Waals surface area contributed by atoms with E-state index in [9.17, 15) is 14.4 Å². The fourth-order valence-electron chi connectivity index (χ4n) is 5.34. The van der Waals surface area contributed by atoms with Gasteiger partial charge in [-0.25, -0.2) is 4.79 Å². The summed E-state index contributed by atoms with van der Waals surface area (Å²) in [5.41, 5.74) is 8.86. The van der Waals surface area contributed by atoms with Crippen LogP contribution in [0.3, 0.4) is 0 Å². The van der Waals surface area contributed by atoms with Crippen LogP contribution in [-0.2, 0) is 30.2 Å². The number of anilines is 2. The van der Waals surface area contributed by atoms with Gasteiger partial charge in [-0.1, -0.05) is 0 Å². The van der Waals surface area contributed by atoms with Crippen LogP contribution in [0.15, 0.2) is 6.20 Å². The Morgan fingerprint density at radius 3 is 2.37 bits per heavy atom. The molecule has 2 fully saturated rings. The molecular weight excluding hydrogens is 452 g/mol. The Balaban J connectivity index is 1.66. The highest BCUT2D eigenvalue weighted by molar-refractivity contribution is 5.75. The first kappa shape index (κ1) is 25.1. The van der Waals surface area contributed by atoms with Gasteiger partial charge in [0.25, 0.3) is 0 Å².